The molecular weight excluding hydrogens is 218 g/mol. The molecule has 1 aromatic rings. The maximum absolute atomic E-state index is 11.3. The Morgan fingerprint density at radius 1 is 1.24 bits per heavy atom. The molecule has 1 amide bonds. The third kappa shape index (κ3) is 4.97. The Balaban J connectivity index is 2.57. The summed E-state index contributed by atoms with van der Waals surface area (Å²) in [6.45, 7) is 2.10. The highest BCUT2D eigenvalue weighted by molar-refractivity contribution is 6.02. The molecule has 17 heavy (non-hydrogen) atoms. The lowest BCUT2D eigenvalue weighted by Gasteiger charge is -2.03. The van der Waals surface area contributed by atoms with E-state index in [9.17, 15) is 9.59 Å². The van der Waals surface area contributed by atoms with Gasteiger partial charge in [0.05, 0.1) is 0 Å². The molecule has 2 N–H and O–H groups in total. The molecule has 0 radical (unpaired) electrons. The second-order valence-electron chi connectivity index (χ2n) is 3.61. The number of nitrogens with one attached hydrogen (secondary N) is 1. The molecule has 0 aliphatic rings. The molecule has 4 nitrogen and oxygen atoms in total. The van der Waals surface area contributed by atoms with E-state index in [-0.39, 0.29) is 0 Å². The monoisotopic (exact) mass is 233 g/mol. The summed E-state index contributed by atoms with van der Waals surface area (Å²) in [5.74, 6) is -1.59. The quantitative estimate of drug-likeness (QED) is 0.766. The first-order valence-electron chi connectivity index (χ1n) is 5.42. The number of amides is 1. The highest BCUT2D eigenvalue weighted by Crippen LogP contribution is 2.10. The van der Waals surface area contributed by atoms with Gasteiger partial charge in [-0.15, -0.1) is 0 Å². The average Bonchev–Trinajstić information content (AvgIpc) is 2.29. The number of rotatable bonds is 5. The highest BCUT2D eigenvalue weighted by atomic mass is 16.4. The van der Waals surface area contributed by atoms with Crippen molar-refractivity contribution in [2.24, 2.45) is 0 Å². The van der Waals surface area contributed by atoms with Gasteiger partial charge in [0, 0.05) is 17.8 Å². The molecule has 0 bridgehead atoms. The van der Waals surface area contributed by atoms with Gasteiger partial charge in [-0.1, -0.05) is 25.5 Å². The molecule has 1 aromatic carbocycles. The number of anilines is 1. The number of carbonyl (C=O) groups excluding carboxylic acids is 1. The molecule has 1 rings (SSSR count). The van der Waals surface area contributed by atoms with Crippen molar-refractivity contribution < 1.29 is 14.7 Å². The molecule has 0 aliphatic heterocycles. The largest absolute Gasteiger partial charge is 0.478 e. The molecule has 0 aromatic heterocycles. The van der Waals surface area contributed by atoms with Gasteiger partial charge in [-0.3, -0.25) is 4.79 Å². The van der Waals surface area contributed by atoms with Crippen molar-refractivity contribution in [2.75, 3.05) is 5.32 Å². The van der Waals surface area contributed by atoms with Crippen LogP contribution in [-0.4, -0.2) is 17.0 Å². The third-order valence-corrected chi connectivity index (χ3v) is 2.14. The van der Waals surface area contributed by atoms with Gasteiger partial charge in [0.1, 0.15) is 0 Å². The van der Waals surface area contributed by atoms with Gasteiger partial charge in [0.2, 0.25) is 5.91 Å². The fourth-order valence-electron chi connectivity index (χ4n) is 1.37. The average molecular weight is 233 g/mol. The zero-order chi connectivity index (χ0) is 12.7. The van der Waals surface area contributed by atoms with Crippen LogP contribution in [-0.2, 0) is 16.0 Å². The van der Waals surface area contributed by atoms with Crippen LogP contribution in [0, 0.1) is 0 Å². The SMILES string of the molecule is CCCc1ccc(NC(=O)C=CC(=O)O)cc1. The van der Waals surface area contributed by atoms with E-state index >= 15 is 0 Å². The minimum Gasteiger partial charge on any atom is -0.478 e. The molecule has 0 fully saturated rings. The summed E-state index contributed by atoms with van der Waals surface area (Å²) < 4.78 is 0. The standard InChI is InChI=1S/C13H15NO3/c1-2-3-10-4-6-11(7-5-10)14-12(15)8-9-13(16)17/h4-9H,2-3H2,1H3,(H,14,15)(H,16,17). The summed E-state index contributed by atoms with van der Waals surface area (Å²) in [6, 6.07) is 7.50. The molecule has 0 spiro atoms. The number of benzene rings is 1. The van der Waals surface area contributed by atoms with Crippen molar-refractivity contribution >= 4 is 17.6 Å². The highest BCUT2D eigenvalue weighted by Gasteiger charge is 1.99. The summed E-state index contributed by atoms with van der Waals surface area (Å²) >= 11 is 0. The fraction of sp³-hybridized carbons (Fsp3) is 0.231. The summed E-state index contributed by atoms with van der Waals surface area (Å²) in [4.78, 5) is 21.5. The number of hydrogen-bond acceptors (Lipinski definition) is 2. The normalized spacial score (nSPS) is 10.4. The summed E-state index contributed by atoms with van der Waals surface area (Å²) in [5, 5.41) is 10.9. The van der Waals surface area contributed by atoms with Gasteiger partial charge in [-0.05, 0) is 24.1 Å². The Morgan fingerprint density at radius 2 is 1.88 bits per heavy atom. The van der Waals surface area contributed by atoms with Gasteiger partial charge in [-0.25, -0.2) is 4.79 Å². The predicted molar refractivity (Wildman–Crippen MR) is 65.8 cm³/mol. The number of aliphatic carboxylic acids is 1. The van der Waals surface area contributed by atoms with Crippen molar-refractivity contribution in [2.45, 2.75) is 19.8 Å². The number of aryl methyl sites for hydroxylation is 1. The number of hydrogen-bond donors (Lipinski definition) is 2. The molecular formula is C13H15NO3. The van der Waals surface area contributed by atoms with Crippen LogP contribution < -0.4 is 5.32 Å². The number of carbonyl (C=O) groups is 2. The third-order valence-electron chi connectivity index (χ3n) is 2.14. The van der Waals surface area contributed by atoms with E-state index in [0.717, 1.165) is 25.0 Å². The molecule has 0 saturated carbocycles. The Hall–Kier alpha value is -2.10. The summed E-state index contributed by atoms with van der Waals surface area (Å²) in [7, 11) is 0. The van der Waals surface area contributed by atoms with Crippen molar-refractivity contribution in [3.05, 3.63) is 42.0 Å². The minimum absolute atomic E-state index is 0.448. The predicted octanol–water partition coefficient (Wildman–Crippen LogP) is 2.22. The lowest BCUT2D eigenvalue weighted by molar-refractivity contribution is -0.131. The van der Waals surface area contributed by atoms with E-state index in [1.54, 1.807) is 12.1 Å². The lowest BCUT2D eigenvalue weighted by atomic mass is 10.1. The molecule has 0 saturated heterocycles. The van der Waals surface area contributed by atoms with Gasteiger partial charge < -0.3 is 10.4 Å². The van der Waals surface area contributed by atoms with Crippen LogP contribution in [0.25, 0.3) is 0 Å². The Bertz CT molecular complexity index is 421. The zero-order valence-electron chi connectivity index (χ0n) is 9.64. The molecule has 0 heterocycles. The van der Waals surface area contributed by atoms with E-state index < -0.39 is 11.9 Å². The summed E-state index contributed by atoms with van der Waals surface area (Å²) in [5.41, 5.74) is 1.87. The van der Waals surface area contributed by atoms with Crippen LogP contribution in [0.2, 0.25) is 0 Å². The van der Waals surface area contributed by atoms with Crippen LogP contribution in [0.5, 0.6) is 0 Å². The first-order chi connectivity index (χ1) is 8.11. The Morgan fingerprint density at radius 3 is 2.41 bits per heavy atom. The van der Waals surface area contributed by atoms with Gasteiger partial charge >= 0.3 is 5.97 Å². The van der Waals surface area contributed by atoms with Crippen LogP contribution >= 0.6 is 0 Å². The second-order valence-corrected chi connectivity index (χ2v) is 3.61. The fourth-order valence-corrected chi connectivity index (χ4v) is 1.37. The Labute approximate surface area is 100.0 Å². The first kappa shape index (κ1) is 13.0. The molecule has 0 atom stereocenters. The van der Waals surface area contributed by atoms with Gasteiger partial charge in [0.15, 0.2) is 0 Å². The first-order valence-corrected chi connectivity index (χ1v) is 5.42. The van der Waals surface area contributed by atoms with Crippen molar-refractivity contribution in [1.29, 1.82) is 0 Å². The summed E-state index contributed by atoms with van der Waals surface area (Å²) in [6.07, 6.45) is 3.88. The van der Waals surface area contributed by atoms with Crippen LogP contribution in [0.1, 0.15) is 18.9 Å². The van der Waals surface area contributed by atoms with Gasteiger partial charge in [-0.2, -0.15) is 0 Å². The van der Waals surface area contributed by atoms with E-state index in [2.05, 4.69) is 12.2 Å². The maximum atomic E-state index is 11.3. The lowest BCUT2D eigenvalue weighted by Crippen LogP contribution is -2.08. The van der Waals surface area contributed by atoms with E-state index in [0.29, 0.717) is 5.69 Å². The second kappa shape index (κ2) is 6.48. The van der Waals surface area contributed by atoms with Crippen molar-refractivity contribution in [3.8, 4) is 0 Å². The Kier molecular flexibility index (Phi) is 4.94. The molecule has 0 aliphatic carbocycles. The van der Waals surface area contributed by atoms with E-state index in [1.807, 2.05) is 12.1 Å². The van der Waals surface area contributed by atoms with Crippen molar-refractivity contribution in [1.82, 2.24) is 0 Å². The number of carboxylic acid groups (broad SMARTS) is 1. The van der Waals surface area contributed by atoms with Crippen LogP contribution in [0.3, 0.4) is 0 Å². The molecule has 90 valence electrons. The van der Waals surface area contributed by atoms with Crippen molar-refractivity contribution in [3.63, 3.8) is 0 Å². The van der Waals surface area contributed by atoms with Gasteiger partial charge in [0.25, 0.3) is 0 Å². The van der Waals surface area contributed by atoms with E-state index in [1.165, 1.54) is 5.56 Å². The van der Waals surface area contributed by atoms with Crippen LogP contribution in [0.15, 0.2) is 36.4 Å². The van der Waals surface area contributed by atoms with Crippen LogP contribution in [0.4, 0.5) is 5.69 Å². The topological polar surface area (TPSA) is 66.4 Å². The molecule has 4 heteroatoms. The minimum atomic E-state index is -1.14. The maximum Gasteiger partial charge on any atom is 0.328 e. The number of carboxylic acids is 1. The zero-order valence-corrected chi connectivity index (χ0v) is 9.64. The molecule has 0 unspecified atom stereocenters. The smallest absolute Gasteiger partial charge is 0.328 e. The van der Waals surface area contributed by atoms with E-state index in [4.69, 9.17) is 5.11 Å².